The van der Waals surface area contributed by atoms with Crippen LogP contribution in [0.2, 0.25) is 0 Å². The van der Waals surface area contributed by atoms with Crippen molar-refractivity contribution in [3.63, 3.8) is 0 Å². The van der Waals surface area contributed by atoms with Crippen LogP contribution in [0.1, 0.15) is 24.2 Å². The highest BCUT2D eigenvalue weighted by Gasteiger charge is 2.28. The van der Waals surface area contributed by atoms with Gasteiger partial charge in [0.05, 0.1) is 12.8 Å². The van der Waals surface area contributed by atoms with Crippen molar-refractivity contribution in [3.8, 4) is 0 Å². The number of carbonyl (C=O) groups excluding carboxylic acids is 1. The molecule has 0 aliphatic rings. The summed E-state index contributed by atoms with van der Waals surface area (Å²) in [4.78, 5) is 22.1. The summed E-state index contributed by atoms with van der Waals surface area (Å²) >= 11 is 0. The minimum absolute atomic E-state index is 0.106. The van der Waals surface area contributed by atoms with E-state index in [-0.39, 0.29) is 6.61 Å². The van der Waals surface area contributed by atoms with Crippen LogP contribution in [0.25, 0.3) is 0 Å². The van der Waals surface area contributed by atoms with Crippen LogP contribution in [0.5, 0.6) is 0 Å². The van der Waals surface area contributed by atoms with Gasteiger partial charge in [0.2, 0.25) is 0 Å². The third-order valence-electron chi connectivity index (χ3n) is 2.08. The lowest BCUT2D eigenvalue weighted by atomic mass is 10.4. The molecule has 10 heteroatoms. The Morgan fingerprint density at radius 2 is 2.21 bits per heavy atom. The molecule has 19 heavy (non-hydrogen) atoms. The number of carboxylic acids is 1. The van der Waals surface area contributed by atoms with Gasteiger partial charge in [-0.25, -0.2) is 13.2 Å². The lowest BCUT2D eigenvalue weighted by molar-refractivity contribution is -0.144. The van der Waals surface area contributed by atoms with Gasteiger partial charge in [-0.05, 0) is 13.8 Å². The van der Waals surface area contributed by atoms with Gasteiger partial charge in [-0.3, -0.25) is 9.89 Å². The number of nitrogens with zero attached hydrogens (tertiary/aromatic N) is 1. The van der Waals surface area contributed by atoms with Crippen LogP contribution in [-0.4, -0.2) is 48.3 Å². The van der Waals surface area contributed by atoms with Gasteiger partial charge in [-0.15, -0.1) is 0 Å². The Hall–Kier alpha value is -1.94. The number of esters is 1. The first kappa shape index (κ1) is 15.1. The SMILES string of the molecule is CCOC(=O)C(C)NS(=O)(=O)c1[nH]ncc1C(=O)O. The number of aromatic carboxylic acids is 1. The maximum Gasteiger partial charge on any atom is 0.340 e. The quantitative estimate of drug-likeness (QED) is 0.591. The van der Waals surface area contributed by atoms with Crippen LogP contribution in [0.4, 0.5) is 0 Å². The number of carboxylic acid groups (broad SMARTS) is 1. The monoisotopic (exact) mass is 291 g/mol. The van der Waals surface area contributed by atoms with Gasteiger partial charge in [0, 0.05) is 0 Å². The second-order valence-corrected chi connectivity index (χ2v) is 5.16. The van der Waals surface area contributed by atoms with Crippen LogP contribution in [-0.2, 0) is 19.6 Å². The smallest absolute Gasteiger partial charge is 0.340 e. The highest BCUT2D eigenvalue weighted by atomic mass is 32.2. The third kappa shape index (κ3) is 3.51. The molecule has 0 bridgehead atoms. The van der Waals surface area contributed by atoms with E-state index in [0.717, 1.165) is 6.20 Å². The number of nitrogens with one attached hydrogen (secondary N) is 2. The van der Waals surface area contributed by atoms with Crippen molar-refractivity contribution >= 4 is 22.0 Å². The molecule has 0 spiro atoms. The number of hydrogen-bond acceptors (Lipinski definition) is 6. The van der Waals surface area contributed by atoms with Crippen molar-refractivity contribution < 1.29 is 27.9 Å². The molecule has 0 aromatic carbocycles. The first-order valence-corrected chi connectivity index (χ1v) is 6.73. The van der Waals surface area contributed by atoms with E-state index in [1.165, 1.54) is 6.92 Å². The zero-order chi connectivity index (χ0) is 14.6. The molecule has 0 aliphatic heterocycles. The number of hydrogen-bond donors (Lipinski definition) is 3. The zero-order valence-electron chi connectivity index (χ0n) is 10.2. The van der Waals surface area contributed by atoms with Gasteiger partial charge in [-0.1, -0.05) is 0 Å². The van der Waals surface area contributed by atoms with Crippen molar-refractivity contribution in [3.05, 3.63) is 11.8 Å². The first-order chi connectivity index (χ1) is 8.79. The molecule has 1 atom stereocenters. The molecule has 1 aromatic heterocycles. The minimum Gasteiger partial charge on any atom is -0.478 e. The number of H-pyrrole nitrogens is 1. The molecule has 3 N–H and O–H groups in total. The van der Waals surface area contributed by atoms with Gasteiger partial charge in [-0.2, -0.15) is 9.82 Å². The number of aromatic nitrogens is 2. The van der Waals surface area contributed by atoms with Gasteiger partial charge in [0.15, 0.2) is 5.03 Å². The molecule has 106 valence electrons. The molecule has 9 nitrogen and oxygen atoms in total. The van der Waals surface area contributed by atoms with E-state index in [9.17, 15) is 18.0 Å². The number of aromatic amines is 1. The van der Waals surface area contributed by atoms with Crippen molar-refractivity contribution in [2.75, 3.05) is 6.61 Å². The molecule has 1 rings (SSSR count). The molecule has 0 fully saturated rings. The summed E-state index contributed by atoms with van der Waals surface area (Å²) in [7, 11) is -4.20. The number of carbonyl (C=O) groups is 2. The summed E-state index contributed by atoms with van der Waals surface area (Å²) in [6.45, 7) is 2.97. The summed E-state index contributed by atoms with van der Waals surface area (Å²) in [5, 5.41) is 13.6. The summed E-state index contributed by atoms with van der Waals surface area (Å²) < 4.78 is 30.4. The molecule has 1 unspecified atom stereocenters. The van der Waals surface area contributed by atoms with E-state index < -0.39 is 38.6 Å². The second-order valence-electron chi connectivity index (χ2n) is 3.51. The zero-order valence-corrected chi connectivity index (χ0v) is 11.0. The fourth-order valence-electron chi connectivity index (χ4n) is 1.24. The normalized spacial score (nSPS) is 12.9. The van der Waals surface area contributed by atoms with Gasteiger partial charge in [0.1, 0.15) is 11.6 Å². The Balaban J connectivity index is 2.96. The van der Waals surface area contributed by atoms with Crippen molar-refractivity contribution in [2.45, 2.75) is 24.9 Å². The van der Waals surface area contributed by atoms with Crippen LogP contribution in [0, 0.1) is 0 Å². The molecule has 0 radical (unpaired) electrons. The fourth-order valence-corrected chi connectivity index (χ4v) is 2.52. The largest absolute Gasteiger partial charge is 0.478 e. The van der Waals surface area contributed by atoms with Crippen LogP contribution >= 0.6 is 0 Å². The Bertz CT molecular complexity index is 579. The number of rotatable bonds is 6. The van der Waals surface area contributed by atoms with Crippen LogP contribution in [0.3, 0.4) is 0 Å². The minimum atomic E-state index is -4.20. The lowest BCUT2D eigenvalue weighted by Gasteiger charge is -2.12. The summed E-state index contributed by atoms with van der Waals surface area (Å²) in [6, 6.07) is -1.14. The maximum absolute atomic E-state index is 11.9. The number of sulfonamides is 1. The van der Waals surface area contributed by atoms with Crippen molar-refractivity contribution in [1.29, 1.82) is 0 Å². The van der Waals surface area contributed by atoms with Crippen molar-refractivity contribution in [2.24, 2.45) is 0 Å². The average Bonchev–Trinajstić information content (AvgIpc) is 2.78. The Labute approximate surface area is 109 Å². The molecule has 1 heterocycles. The molecule has 0 saturated heterocycles. The standard InChI is InChI=1S/C9H13N3O6S/c1-3-18-9(15)5(2)12-19(16,17)7-6(8(13)14)4-10-11-7/h4-5,12H,3H2,1-2H3,(H,10,11)(H,13,14). The van der Waals surface area contributed by atoms with Gasteiger partial charge < -0.3 is 9.84 Å². The molecular weight excluding hydrogens is 278 g/mol. The Kier molecular flexibility index (Phi) is 4.62. The Morgan fingerprint density at radius 3 is 2.74 bits per heavy atom. The van der Waals surface area contributed by atoms with E-state index in [2.05, 4.69) is 14.9 Å². The molecule has 0 saturated carbocycles. The van der Waals surface area contributed by atoms with Crippen molar-refractivity contribution in [1.82, 2.24) is 14.9 Å². The fraction of sp³-hybridized carbons (Fsp3) is 0.444. The summed E-state index contributed by atoms with van der Waals surface area (Å²) in [5.74, 6) is -2.21. The second kappa shape index (κ2) is 5.80. The lowest BCUT2D eigenvalue weighted by Crippen LogP contribution is -2.40. The highest BCUT2D eigenvalue weighted by Crippen LogP contribution is 2.12. The van der Waals surface area contributed by atoms with Gasteiger partial charge in [0.25, 0.3) is 10.0 Å². The van der Waals surface area contributed by atoms with E-state index in [0.29, 0.717) is 0 Å². The molecule has 1 aromatic rings. The predicted octanol–water partition coefficient (Wildman–Crippen LogP) is -0.662. The Morgan fingerprint density at radius 1 is 1.58 bits per heavy atom. The average molecular weight is 291 g/mol. The third-order valence-corrected chi connectivity index (χ3v) is 3.59. The summed E-state index contributed by atoms with van der Waals surface area (Å²) in [5.41, 5.74) is -0.511. The molecule has 0 aliphatic carbocycles. The highest BCUT2D eigenvalue weighted by molar-refractivity contribution is 7.89. The van der Waals surface area contributed by atoms with E-state index in [1.54, 1.807) is 6.92 Å². The van der Waals surface area contributed by atoms with Crippen LogP contribution in [0.15, 0.2) is 11.2 Å². The number of ether oxygens (including phenoxy) is 1. The maximum atomic E-state index is 11.9. The topological polar surface area (TPSA) is 138 Å². The first-order valence-electron chi connectivity index (χ1n) is 5.25. The van der Waals surface area contributed by atoms with E-state index in [1.807, 2.05) is 4.72 Å². The van der Waals surface area contributed by atoms with Crippen LogP contribution < -0.4 is 4.72 Å². The predicted molar refractivity (Wildman–Crippen MR) is 62.0 cm³/mol. The van der Waals surface area contributed by atoms with Gasteiger partial charge >= 0.3 is 11.9 Å². The van der Waals surface area contributed by atoms with E-state index >= 15 is 0 Å². The summed E-state index contributed by atoms with van der Waals surface area (Å²) in [6.07, 6.45) is 0.867. The molecular formula is C9H13N3O6S. The van der Waals surface area contributed by atoms with E-state index in [4.69, 9.17) is 5.11 Å². The molecule has 0 amide bonds.